The molecule has 0 heterocycles. The first-order valence-electron chi connectivity index (χ1n) is 6.27. The molecule has 86 valence electrons. The van der Waals surface area contributed by atoms with E-state index in [1.165, 1.54) is 0 Å². The molecule has 0 aromatic heterocycles. The lowest BCUT2D eigenvalue weighted by molar-refractivity contribution is -0.135. The van der Waals surface area contributed by atoms with Crippen molar-refractivity contribution in [3.63, 3.8) is 0 Å². The Morgan fingerprint density at radius 1 is 1.20 bits per heavy atom. The fourth-order valence-corrected chi connectivity index (χ4v) is 2.50. The van der Waals surface area contributed by atoms with E-state index >= 15 is 0 Å². The van der Waals surface area contributed by atoms with E-state index in [-0.39, 0.29) is 23.4 Å². The normalized spacial score (nSPS) is 19.1. The molecule has 1 aliphatic carbocycles. The van der Waals surface area contributed by atoms with Gasteiger partial charge in [-0.25, -0.2) is 0 Å². The van der Waals surface area contributed by atoms with Crippen molar-refractivity contribution in [3.05, 3.63) is 0 Å². The number of hydrogen-bond acceptors (Lipinski definition) is 2. The number of ketones is 2. The zero-order valence-corrected chi connectivity index (χ0v) is 9.92. The molecule has 0 N–H and O–H groups in total. The molecule has 1 saturated carbocycles. The molecule has 1 rings (SSSR count). The smallest absolute Gasteiger partial charge is 0.146 e. The lowest BCUT2D eigenvalue weighted by atomic mass is 9.85. The lowest BCUT2D eigenvalue weighted by Crippen LogP contribution is -2.28. The van der Waals surface area contributed by atoms with Crippen LogP contribution in [0.3, 0.4) is 0 Å². The van der Waals surface area contributed by atoms with Crippen LogP contribution in [0.1, 0.15) is 58.8 Å². The highest BCUT2D eigenvalue weighted by Gasteiger charge is 2.31. The van der Waals surface area contributed by atoms with Gasteiger partial charge in [-0.3, -0.25) is 9.59 Å². The summed E-state index contributed by atoms with van der Waals surface area (Å²) in [5.41, 5.74) is 0. The Bertz CT molecular complexity index is 227. The van der Waals surface area contributed by atoms with Gasteiger partial charge in [0, 0.05) is 12.3 Å². The molecule has 0 amide bonds. The van der Waals surface area contributed by atoms with Crippen LogP contribution in [0.5, 0.6) is 0 Å². The standard InChI is InChI=1S/C13H22O2/c1-3-7-12(14)11(4-2)13(15)10-8-5-6-9-10/h10-11H,3-9H2,1-2H3. The van der Waals surface area contributed by atoms with Crippen molar-refractivity contribution >= 4 is 11.6 Å². The van der Waals surface area contributed by atoms with Gasteiger partial charge in [0.15, 0.2) is 0 Å². The molecular formula is C13H22O2. The number of carbonyl (C=O) groups excluding carboxylic acids is 2. The highest BCUT2D eigenvalue weighted by Crippen LogP contribution is 2.29. The Morgan fingerprint density at radius 3 is 2.27 bits per heavy atom. The zero-order chi connectivity index (χ0) is 11.3. The van der Waals surface area contributed by atoms with Crippen molar-refractivity contribution in [1.29, 1.82) is 0 Å². The molecule has 2 heteroatoms. The second-order valence-electron chi connectivity index (χ2n) is 4.56. The van der Waals surface area contributed by atoms with Crippen LogP contribution in [0.4, 0.5) is 0 Å². The second-order valence-corrected chi connectivity index (χ2v) is 4.56. The number of Topliss-reactive ketones (excluding diaryl/α,β-unsaturated/α-hetero) is 2. The van der Waals surface area contributed by atoms with E-state index in [9.17, 15) is 9.59 Å². The van der Waals surface area contributed by atoms with E-state index in [0.717, 1.165) is 32.1 Å². The minimum Gasteiger partial charge on any atom is -0.299 e. The quantitative estimate of drug-likeness (QED) is 0.631. The van der Waals surface area contributed by atoms with Crippen LogP contribution in [-0.4, -0.2) is 11.6 Å². The molecule has 0 aromatic carbocycles. The van der Waals surface area contributed by atoms with Crippen LogP contribution in [0.25, 0.3) is 0 Å². The summed E-state index contributed by atoms with van der Waals surface area (Å²) in [6.45, 7) is 3.94. The Hall–Kier alpha value is -0.660. The molecule has 2 nitrogen and oxygen atoms in total. The molecule has 1 fully saturated rings. The largest absolute Gasteiger partial charge is 0.299 e. The van der Waals surface area contributed by atoms with Crippen LogP contribution in [0.2, 0.25) is 0 Å². The average molecular weight is 210 g/mol. The minimum atomic E-state index is -0.298. The van der Waals surface area contributed by atoms with Crippen LogP contribution < -0.4 is 0 Å². The number of carbonyl (C=O) groups is 2. The molecule has 0 saturated heterocycles. The molecule has 0 aromatic rings. The van der Waals surface area contributed by atoms with Gasteiger partial charge >= 0.3 is 0 Å². The average Bonchev–Trinajstić information content (AvgIpc) is 2.71. The molecule has 15 heavy (non-hydrogen) atoms. The lowest BCUT2D eigenvalue weighted by Gasteiger charge is -2.16. The summed E-state index contributed by atoms with van der Waals surface area (Å²) in [5, 5.41) is 0. The molecule has 1 unspecified atom stereocenters. The predicted octanol–water partition coefficient (Wildman–Crippen LogP) is 3.14. The molecule has 0 bridgehead atoms. The van der Waals surface area contributed by atoms with Gasteiger partial charge in [0.2, 0.25) is 0 Å². The van der Waals surface area contributed by atoms with Gasteiger partial charge in [-0.05, 0) is 25.7 Å². The van der Waals surface area contributed by atoms with E-state index in [0.29, 0.717) is 12.8 Å². The molecule has 1 aliphatic rings. The summed E-state index contributed by atoms with van der Waals surface area (Å²) in [7, 11) is 0. The topological polar surface area (TPSA) is 34.1 Å². The van der Waals surface area contributed by atoms with E-state index in [1.807, 2.05) is 13.8 Å². The van der Waals surface area contributed by atoms with Gasteiger partial charge < -0.3 is 0 Å². The number of hydrogen-bond donors (Lipinski definition) is 0. The van der Waals surface area contributed by atoms with Gasteiger partial charge in [0.25, 0.3) is 0 Å². The summed E-state index contributed by atoms with van der Waals surface area (Å²) in [5.74, 6) is 0.286. The summed E-state index contributed by atoms with van der Waals surface area (Å²) >= 11 is 0. The van der Waals surface area contributed by atoms with Crippen molar-refractivity contribution in [1.82, 2.24) is 0 Å². The number of rotatable bonds is 6. The molecular weight excluding hydrogens is 188 g/mol. The minimum absolute atomic E-state index is 0.164. The third-order valence-corrected chi connectivity index (χ3v) is 3.39. The Labute approximate surface area is 92.4 Å². The van der Waals surface area contributed by atoms with Crippen molar-refractivity contribution in [2.75, 3.05) is 0 Å². The van der Waals surface area contributed by atoms with Crippen molar-refractivity contribution < 1.29 is 9.59 Å². The van der Waals surface area contributed by atoms with Gasteiger partial charge in [-0.1, -0.05) is 26.7 Å². The van der Waals surface area contributed by atoms with Crippen LogP contribution >= 0.6 is 0 Å². The Morgan fingerprint density at radius 2 is 1.80 bits per heavy atom. The second kappa shape index (κ2) is 6.04. The van der Waals surface area contributed by atoms with E-state index in [1.54, 1.807) is 0 Å². The first kappa shape index (κ1) is 12.4. The van der Waals surface area contributed by atoms with E-state index < -0.39 is 0 Å². The van der Waals surface area contributed by atoms with Gasteiger partial charge in [-0.2, -0.15) is 0 Å². The Kier molecular flexibility index (Phi) is 5.00. The third kappa shape index (κ3) is 3.15. The first-order valence-corrected chi connectivity index (χ1v) is 6.27. The third-order valence-electron chi connectivity index (χ3n) is 3.39. The molecule has 0 spiro atoms. The summed E-state index contributed by atoms with van der Waals surface area (Å²) in [6.07, 6.45) is 6.45. The van der Waals surface area contributed by atoms with Crippen molar-refractivity contribution in [2.45, 2.75) is 58.8 Å². The van der Waals surface area contributed by atoms with Gasteiger partial charge in [0.1, 0.15) is 11.6 Å². The maximum Gasteiger partial charge on any atom is 0.146 e. The van der Waals surface area contributed by atoms with Crippen LogP contribution in [0.15, 0.2) is 0 Å². The van der Waals surface area contributed by atoms with E-state index in [2.05, 4.69) is 0 Å². The predicted molar refractivity (Wildman–Crippen MR) is 60.7 cm³/mol. The Balaban J connectivity index is 2.56. The van der Waals surface area contributed by atoms with Gasteiger partial charge in [0.05, 0.1) is 5.92 Å². The maximum absolute atomic E-state index is 12.1. The highest BCUT2D eigenvalue weighted by molar-refractivity contribution is 6.03. The SMILES string of the molecule is CCCC(=O)C(CC)C(=O)C1CCCC1. The summed E-state index contributed by atoms with van der Waals surface area (Å²) in [4.78, 5) is 23.8. The van der Waals surface area contributed by atoms with E-state index in [4.69, 9.17) is 0 Å². The van der Waals surface area contributed by atoms with Gasteiger partial charge in [-0.15, -0.1) is 0 Å². The molecule has 1 atom stereocenters. The highest BCUT2D eigenvalue weighted by atomic mass is 16.2. The molecule has 0 aliphatic heterocycles. The maximum atomic E-state index is 12.1. The zero-order valence-electron chi connectivity index (χ0n) is 9.92. The van der Waals surface area contributed by atoms with Crippen LogP contribution in [0, 0.1) is 11.8 Å². The van der Waals surface area contributed by atoms with Crippen molar-refractivity contribution in [3.8, 4) is 0 Å². The fourth-order valence-electron chi connectivity index (χ4n) is 2.50. The fraction of sp³-hybridized carbons (Fsp3) is 0.846. The summed E-state index contributed by atoms with van der Waals surface area (Å²) < 4.78 is 0. The van der Waals surface area contributed by atoms with Crippen molar-refractivity contribution in [2.24, 2.45) is 11.8 Å². The van der Waals surface area contributed by atoms with Crippen LogP contribution in [-0.2, 0) is 9.59 Å². The summed E-state index contributed by atoms with van der Waals surface area (Å²) in [6, 6.07) is 0. The molecule has 0 radical (unpaired) electrons. The first-order chi connectivity index (χ1) is 7.20. The monoisotopic (exact) mass is 210 g/mol.